The van der Waals surface area contributed by atoms with Crippen molar-refractivity contribution >= 4 is 22.8 Å². The van der Waals surface area contributed by atoms with E-state index in [1.54, 1.807) is 6.08 Å². The van der Waals surface area contributed by atoms with Crippen LogP contribution >= 0.6 is 0 Å². The summed E-state index contributed by atoms with van der Waals surface area (Å²) >= 11 is 0. The highest BCUT2D eigenvalue weighted by atomic mass is 16.1. The van der Waals surface area contributed by atoms with E-state index in [2.05, 4.69) is 10.2 Å². The lowest BCUT2D eigenvalue weighted by molar-refractivity contribution is -0.113. The van der Waals surface area contributed by atoms with E-state index in [1.165, 1.54) is 6.92 Å². The maximum absolute atomic E-state index is 11.2. The van der Waals surface area contributed by atoms with E-state index < -0.39 is 0 Å². The molecule has 1 aromatic heterocycles. The summed E-state index contributed by atoms with van der Waals surface area (Å²) in [5.74, 6) is -0.225. The average molecular weight is 225 g/mol. The predicted octanol–water partition coefficient (Wildman–Crippen LogP) is 2.37. The summed E-state index contributed by atoms with van der Waals surface area (Å²) in [4.78, 5) is 11.2. The van der Waals surface area contributed by atoms with Crippen LogP contribution in [0.5, 0.6) is 0 Å². The van der Waals surface area contributed by atoms with Crippen LogP contribution in [0.3, 0.4) is 0 Å². The molecule has 0 aliphatic heterocycles. The molecular formula is C13H11N3O. The summed E-state index contributed by atoms with van der Waals surface area (Å²) in [6.45, 7) is 3.32. The number of nitriles is 1. The molecule has 0 atom stereocenters. The number of carbonyl (C=O) groups excluding carboxylic acids is 1. The third kappa shape index (κ3) is 2.08. The Balaban J connectivity index is 2.54. The van der Waals surface area contributed by atoms with Crippen molar-refractivity contribution in [2.24, 2.45) is 0 Å². The minimum absolute atomic E-state index is 0.158. The highest BCUT2D eigenvalue weighted by Gasteiger charge is 2.04. The summed E-state index contributed by atoms with van der Waals surface area (Å²) in [7, 11) is 0. The summed E-state index contributed by atoms with van der Waals surface area (Å²) < 4.78 is 0. The number of ketones is 1. The van der Waals surface area contributed by atoms with Crippen LogP contribution < -0.4 is 0 Å². The molecule has 1 aromatic carbocycles. The van der Waals surface area contributed by atoms with Gasteiger partial charge in [0, 0.05) is 11.1 Å². The molecule has 2 rings (SSSR count). The number of aromatic nitrogens is 2. The molecule has 0 saturated carbocycles. The highest BCUT2D eigenvalue weighted by molar-refractivity contribution is 6.02. The van der Waals surface area contributed by atoms with Crippen molar-refractivity contribution < 1.29 is 4.79 Å². The lowest BCUT2D eigenvalue weighted by Gasteiger charge is -1.96. The molecule has 0 bridgehead atoms. The number of rotatable bonds is 2. The first kappa shape index (κ1) is 11.1. The molecule has 2 aromatic rings. The fourth-order valence-electron chi connectivity index (χ4n) is 1.62. The number of hydrogen-bond donors (Lipinski definition) is 1. The third-order valence-corrected chi connectivity index (χ3v) is 2.58. The van der Waals surface area contributed by atoms with Gasteiger partial charge in [-0.1, -0.05) is 6.07 Å². The summed E-state index contributed by atoms with van der Waals surface area (Å²) in [5, 5.41) is 16.8. The summed E-state index contributed by atoms with van der Waals surface area (Å²) in [5.41, 5.74) is 2.83. The lowest BCUT2D eigenvalue weighted by atomic mass is 10.1. The van der Waals surface area contributed by atoms with Crippen molar-refractivity contribution in [3.63, 3.8) is 0 Å². The molecule has 1 N–H and O–H groups in total. The fourth-order valence-corrected chi connectivity index (χ4v) is 1.62. The Morgan fingerprint density at radius 1 is 1.53 bits per heavy atom. The standard InChI is InChI=1S/C13H11N3O/c1-8-12-6-10(3-4-13(12)16-15-8)5-11(7-14)9(2)17/h3-6H,1-2H3,(H,15,16). The number of aryl methyl sites for hydroxylation is 1. The van der Waals surface area contributed by atoms with Crippen LogP contribution in [0.2, 0.25) is 0 Å². The number of aromatic amines is 1. The number of nitrogens with one attached hydrogen (secondary N) is 1. The molecule has 84 valence electrons. The Hall–Kier alpha value is -2.41. The first-order valence-electron chi connectivity index (χ1n) is 5.19. The van der Waals surface area contributed by atoms with E-state index in [0.717, 1.165) is 22.2 Å². The summed E-state index contributed by atoms with van der Waals surface area (Å²) in [6, 6.07) is 7.50. The van der Waals surface area contributed by atoms with E-state index in [-0.39, 0.29) is 11.4 Å². The monoisotopic (exact) mass is 225 g/mol. The van der Waals surface area contributed by atoms with Crippen molar-refractivity contribution in [2.45, 2.75) is 13.8 Å². The minimum atomic E-state index is -0.225. The smallest absolute Gasteiger partial charge is 0.170 e. The second kappa shape index (κ2) is 4.22. The van der Waals surface area contributed by atoms with Gasteiger partial charge in [-0.25, -0.2) is 0 Å². The van der Waals surface area contributed by atoms with E-state index in [9.17, 15) is 4.79 Å². The van der Waals surface area contributed by atoms with Crippen molar-refractivity contribution in [3.8, 4) is 6.07 Å². The number of allylic oxidation sites excluding steroid dienone is 1. The van der Waals surface area contributed by atoms with Gasteiger partial charge in [-0.2, -0.15) is 10.4 Å². The second-order valence-electron chi connectivity index (χ2n) is 3.85. The first-order valence-corrected chi connectivity index (χ1v) is 5.19. The largest absolute Gasteiger partial charge is 0.294 e. The van der Waals surface area contributed by atoms with E-state index in [1.807, 2.05) is 31.2 Å². The van der Waals surface area contributed by atoms with E-state index in [4.69, 9.17) is 5.26 Å². The molecule has 0 aliphatic carbocycles. The van der Waals surface area contributed by atoms with Crippen molar-refractivity contribution in [3.05, 3.63) is 35.0 Å². The SMILES string of the molecule is CC(=O)C(C#N)=Cc1ccc2n[nH]c(C)c2c1. The Morgan fingerprint density at radius 2 is 2.29 bits per heavy atom. The Bertz CT molecular complexity index is 659. The average Bonchev–Trinajstić information content (AvgIpc) is 2.67. The maximum Gasteiger partial charge on any atom is 0.170 e. The molecule has 0 unspecified atom stereocenters. The number of H-pyrrole nitrogens is 1. The number of fused-ring (bicyclic) bond motifs is 1. The third-order valence-electron chi connectivity index (χ3n) is 2.58. The number of Topliss-reactive ketones (excluding diaryl/α,β-unsaturated/α-hetero) is 1. The van der Waals surface area contributed by atoms with Crippen LogP contribution in [0.1, 0.15) is 18.2 Å². The number of carbonyl (C=O) groups is 1. The quantitative estimate of drug-likeness (QED) is 0.630. The number of nitrogens with zero attached hydrogens (tertiary/aromatic N) is 2. The van der Waals surface area contributed by atoms with Gasteiger partial charge in [-0.15, -0.1) is 0 Å². The summed E-state index contributed by atoms with van der Waals surface area (Å²) in [6.07, 6.45) is 1.59. The van der Waals surface area contributed by atoms with Gasteiger partial charge in [0.15, 0.2) is 5.78 Å². The molecule has 0 saturated heterocycles. The minimum Gasteiger partial charge on any atom is -0.294 e. The van der Waals surface area contributed by atoms with Gasteiger partial charge in [-0.05, 0) is 37.6 Å². The molecule has 0 radical (unpaired) electrons. The van der Waals surface area contributed by atoms with Gasteiger partial charge in [0.25, 0.3) is 0 Å². The molecule has 4 nitrogen and oxygen atoms in total. The molecule has 17 heavy (non-hydrogen) atoms. The highest BCUT2D eigenvalue weighted by Crippen LogP contribution is 2.18. The van der Waals surface area contributed by atoms with Gasteiger partial charge in [0.05, 0.1) is 11.1 Å². The Labute approximate surface area is 98.6 Å². The van der Waals surface area contributed by atoms with Gasteiger partial charge in [-0.3, -0.25) is 9.89 Å². The normalized spacial score (nSPS) is 11.5. The zero-order valence-electron chi connectivity index (χ0n) is 9.61. The fraction of sp³-hybridized carbons (Fsp3) is 0.154. The lowest BCUT2D eigenvalue weighted by Crippen LogP contribution is -1.92. The zero-order chi connectivity index (χ0) is 12.4. The van der Waals surface area contributed by atoms with Crippen LogP contribution in [0.15, 0.2) is 23.8 Å². The van der Waals surface area contributed by atoms with Crippen LogP contribution in [-0.2, 0) is 4.79 Å². The topological polar surface area (TPSA) is 69.5 Å². The molecule has 4 heteroatoms. The van der Waals surface area contributed by atoms with Gasteiger partial charge >= 0.3 is 0 Å². The maximum atomic E-state index is 11.2. The number of hydrogen-bond acceptors (Lipinski definition) is 3. The van der Waals surface area contributed by atoms with Gasteiger partial charge in [0.1, 0.15) is 6.07 Å². The van der Waals surface area contributed by atoms with Gasteiger partial charge in [0.2, 0.25) is 0 Å². The van der Waals surface area contributed by atoms with Crippen molar-refractivity contribution in [2.75, 3.05) is 0 Å². The first-order chi connectivity index (χ1) is 8.11. The van der Waals surface area contributed by atoms with Crippen LogP contribution in [0.25, 0.3) is 17.0 Å². The van der Waals surface area contributed by atoms with Crippen molar-refractivity contribution in [1.29, 1.82) is 5.26 Å². The van der Waals surface area contributed by atoms with Crippen LogP contribution in [0.4, 0.5) is 0 Å². The molecule has 1 heterocycles. The van der Waals surface area contributed by atoms with E-state index >= 15 is 0 Å². The van der Waals surface area contributed by atoms with Crippen molar-refractivity contribution in [1.82, 2.24) is 10.2 Å². The molecular weight excluding hydrogens is 214 g/mol. The van der Waals surface area contributed by atoms with Gasteiger partial charge < -0.3 is 0 Å². The predicted molar refractivity (Wildman–Crippen MR) is 65.1 cm³/mol. The Kier molecular flexibility index (Phi) is 2.75. The Morgan fingerprint density at radius 3 is 2.94 bits per heavy atom. The molecule has 0 fully saturated rings. The second-order valence-corrected chi connectivity index (χ2v) is 3.85. The molecule has 0 amide bonds. The zero-order valence-corrected chi connectivity index (χ0v) is 9.61. The molecule has 0 aliphatic rings. The van der Waals surface area contributed by atoms with Crippen LogP contribution in [0, 0.1) is 18.3 Å². The molecule has 0 spiro atoms. The van der Waals surface area contributed by atoms with E-state index in [0.29, 0.717) is 0 Å². The number of benzene rings is 1. The van der Waals surface area contributed by atoms with Crippen LogP contribution in [-0.4, -0.2) is 16.0 Å².